The maximum Gasteiger partial charge on any atom is 0.270 e. The van der Waals surface area contributed by atoms with Crippen molar-refractivity contribution in [2.24, 2.45) is 0 Å². The van der Waals surface area contributed by atoms with Crippen LogP contribution in [0.3, 0.4) is 0 Å². The van der Waals surface area contributed by atoms with E-state index in [-0.39, 0.29) is 5.91 Å². The molecule has 1 amide bonds. The van der Waals surface area contributed by atoms with Gasteiger partial charge in [0.25, 0.3) is 5.91 Å². The molecule has 0 saturated heterocycles. The molecular formula is C15H19N3O2. The average molecular weight is 273 g/mol. The molecule has 20 heavy (non-hydrogen) atoms. The number of hydrogen-bond donors (Lipinski definition) is 1. The van der Waals surface area contributed by atoms with Crippen LogP contribution in [0.25, 0.3) is 5.65 Å². The van der Waals surface area contributed by atoms with Crippen LogP contribution >= 0.6 is 0 Å². The summed E-state index contributed by atoms with van der Waals surface area (Å²) in [4.78, 5) is 16.8. The highest BCUT2D eigenvalue weighted by molar-refractivity contribution is 5.95. The predicted molar refractivity (Wildman–Crippen MR) is 78.3 cm³/mol. The minimum Gasteiger partial charge on any atom is -0.490 e. The molecule has 2 aromatic heterocycles. The number of nitrogens with one attached hydrogen (secondary N) is 1. The molecule has 0 spiro atoms. The van der Waals surface area contributed by atoms with Crippen LogP contribution in [-0.2, 0) is 6.42 Å². The highest BCUT2D eigenvalue weighted by Gasteiger charge is 2.19. The average Bonchev–Trinajstić information content (AvgIpc) is 2.84. The van der Waals surface area contributed by atoms with E-state index in [9.17, 15) is 4.79 Å². The number of carbonyl (C=O) groups excluding carboxylic acids is 1. The van der Waals surface area contributed by atoms with Gasteiger partial charge in [-0.1, -0.05) is 13.0 Å². The molecule has 0 bridgehead atoms. The van der Waals surface area contributed by atoms with Crippen LogP contribution in [0.1, 0.15) is 30.0 Å². The van der Waals surface area contributed by atoms with E-state index in [2.05, 4.69) is 16.9 Å². The summed E-state index contributed by atoms with van der Waals surface area (Å²) < 4.78 is 7.34. The summed E-state index contributed by atoms with van der Waals surface area (Å²) in [6.07, 6.45) is 4.16. The summed E-state index contributed by atoms with van der Waals surface area (Å²) >= 11 is 0. The highest BCUT2D eigenvalue weighted by atomic mass is 16.5. The number of aryl methyl sites for hydroxylation is 1. The standard InChI is InChI=1S/C15H19N3O2/c1-4-9-16-15(19)13-11(5-2)17-14-12(20-6-3)8-7-10-18(13)14/h4,7-8,10H,1,5-6,9H2,2-3H3,(H,16,19). The Balaban J connectivity index is 2.54. The second kappa shape index (κ2) is 6.23. The first-order chi connectivity index (χ1) is 9.72. The molecular weight excluding hydrogens is 254 g/mol. The second-order valence-corrected chi connectivity index (χ2v) is 4.26. The number of fused-ring (bicyclic) bond motifs is 1. The lowest BCUT2D eigenvalue weighted by Crippen LogP contribution is -2.25. The smallest absolute Gasteiger partial charge is 0.270 e. The van der Waals surface area contributed by atoms with E-state index in [1.54, 1.807) is 10.5 Å². The van der Waals surface area contributed by atoms with E-state index < -0.39 is 0 Å². The fourth-order valence-corrected chi connectivity index (χ4v) is 2.09. The molecule has 106 valence electrons. The van der Waals surface area contributed by atoms with Gasteiger partial charge in [0, 0.05) is 12.7 Å². The van der Waals surface area contributed by atoms with Gasteiger partial charge in [-0.15, -0.1) is 6.58 Å². The lowest BCUT2D eigenvalue weighted by atomic mass is 10.2. The topological polar surface area (TPSA) is 55.6 Å². The van der Waals surface area contributed by atoms with E-state index in [1.807, 2.05) is 32.2 Å². The Hall–Kier alpha value is -2.30. The Labute approximate surface area is 118 Å². The minimum absolute atomic E-state index is 0.150. The molecule has 0 atom stereocenters. The third-order valence-electron chi connectivity index (χ3n) is 2.94. The molecule has 0 aromatic carbocycles. The number of carbonyl (C=O) groups is 1. The zero-order chi connectivity index (χ0) is 14.5. The summed E-state index contributed by atoms with van der Waals surface area (Å²) in [5.41, 5.74) is 2.00. The van der Waals surface area contributed by atoms with Crippen molar-refractivity contribution in [3.63, 3.8) is 0 Å². The lowest BCUT2D eigenvalue weighted by Gasteiger charge is -2.06. The zero-order valence-electron chi connectivity index (χ0n) is 11.8. The monoisotopic (exact) mass is 273 g/mol. The summed E-state index contributed by atoms with van der Waals surface area (Å²) in [6, 6.07) is 3.71. The molecule has 5 nitrogen and oxygen atoms in total. The van der Waals surface area contributed by atoms with Crippen LogP contribution in [0.5, 0.6) is 5.75 Å². The first-order valence-corrected chi connectivity index (χ1v) is 6.74. The number of rotatable bonds is 6. The van der Waals surface area contributed by atoms with Gasteiger partial charge in [-0.05, 0) is 25.5 Å². The van der Waals surface area contributed by atoms with Gasteiger partial charge in [0.05, 0.1) is 12.3 Å². The van der Waals surface area contributed by atoms with Crippen molar-refractivity contribution in [3.8, 4) is 5.75 Å². The van der Waals surface area contributed by atoms with Crippen molar-refractivity contribution in [2.75, 3.05) is 13.2 Å². The Morgan fingerprint density at radius 2 is 2.35 bits per heavy atom. The number of pyridine rings is 1. The Bertz CT molecular complexity index is 631. The molecule has 0 aliphatic carbocycles. The van der Waals surface area contributed by atoms with Crippen LogP contribution in [-0.4, -0.2) is 28.4 Å². The largest absolute Gasteiger partial charge is 0.490 e. The first kappa shape index (κ1) is 14.1. The van der Waals surface area contributed by atoms with Crippen LogP contribution in [0.15, 0.2) is 31.0 Å². The predicted octanol–water partition coefficient (Wildman–Crippen LogP) is 2.21. The molecule has 0 unspecified atom stereocenters. The van der Waals surface area contributed by atoms with Crippen molar-refractivity contribution >= 4 is 11.6 Å². The number of aromatic nitrogens is 2. The Kier molecular flexibility index (Phi) is 4.40. The molecule has 0 saturated carbocycles. The Morgan fingerprint density at radius 1 is 1.55 bits per heavy atom. The van der Waals surface area contributed by atoms with E-state index in [4.69, 9.17) is 4.74 Å². The van der Waals surface area contributed by atoms with E-state index in [0.29, 0.717) is 36.7 Å². The number of hydrogen-bond acceptors (Lipinski definition) is 3. The molecule has 0 radical (unpaired) electrons. The van der Waals surface area contributed by atoms with Gasteiger partial charge in [0.1, 0.15) is 5.69 Å². The van der Waals surface area contributed by atoms with Gasteiger partial charge >= 0.3 is 0 Å². The first-order valence-electron chi connectivity index (χ1n) is 6.74. The maximum absolute atomic E-state index is 12.3. The fraction of sp³-hybridized carbons (Fsp3) is 0.333. The van der Waals surface area contributed by atoms with Crippen molar-refractivity contribution in [1.82, 2.24) is 14.7 Å². The number of ether oxygens (including phenoxy) is 1. The fourth-order valence-electron chi connectivity index (χ4n) is 2.09. The number of nitrogens with zero attached hydrogens (tertiary/aromatic N) is 2. The maximum atomic E-state index is 12.3. The number of amides is 1. The van der Waals surface area contributed by atoms with Crippen molar-refractivity contribution in [3.05, 3.63) is 42.4 Å². The van der Waals surface area contributed by atoms with Gasteiger partial charge < -0.3 is 10.1 Å². The summed E-state index contributed by atoms with van der Waals surface area (Å²) in [6.45, 7) is 8.49. The van der Waals surface area contributed by atoms with Crippen molar-refractivity contribution in [1.29, 1.82) is 0 Å². The van der Waals surface area contributed by atoms with Gasteiger partial charge in [-0.25, -0.2) is 4.98 Å². The zero-order valence-corrected chi connectivity index (χ0v) is 11.8. The van der Waals surface area contributed by atoms with E-state index >= 15 is 0 Å². The van der Waals surface area contributed by atoms with Gasteiger partial charge in [0.2, 0.25) is 0 Å². The van der Waals surface area contributed by atoms with Gasteiger partial charge in [-0.2, -0.15) is 0 Å². The number of imidazole rings is 1. The molecule has 0 aliphatic rings. The SMILES string of the molecule is C=CCNC(=O)c1c(CC)nc2c(OCC)cccn12. The molecule has 5 heteroatoms. The van der Waals surface area contributed by atoms with Crippen molar-refractivity contribution < 1.29 is 9.53 Å². The summed E-state index contributed by atoms with van der Waals surface area (Å²) in [5.74, 6) is 0.537. The van der Waals surface area contributed by atoms with Crippen LogP contribution < -0.4 is 10.1 Å². The minimum atomic E-state index is -0.150. The third kappa shape index (κ3) is 2.52. The molecule has 1 N–H and O–H groups in total. The molecule has 2 heterocycles. The molecule has 0 fully saturated rings. The van der Waals surface area contributed by atoms with Crippen LogP contribution in [0, 0.1) is 0 Å². The van der Waals surface area contributed by atoms with Crippen LogP contribution in [0.2, 0.25) is 0 Å². The lowest BCUT2D eigenvalue weighted by molar-refractivity contribution is 0.0951. The molecule has 0 aliphatic heterocycles. The molecule has 2 rings (SSSR count). The third-order valence-corrected chi connectivity index (χ3v) is 2.94. The van der Waals surface area contributed by atoms with Gasteiger partial charge in [-0.3, -0.25) is 9.20 Å². The second-order valence-electron chi connectivity index (χ2n) is 4.26. The quantitative estimate of drug-likeness (QED) is 0.821. The normalized spacial score (nSPS) is 10.5. The highest BCUT2D eigenvalue weighted by Crippen LogP contribution is 2.22. The summed E-state index contributed by atoms with van der Waals surface area (Å²) in [5, 5.41) is 2.79. The Morgan fingerprint density at radius 3 is 3.00 bits per heavy atom. The summed E-state index contributed by atoms with van der Waals surface area (Å²) in [7, 11) is 0. The van der Waals surface area contributed by atoms with Crippen LogP contribution in [0.4, 0.5) is 0 Å². The van der Waals surface area contributed by atoms with E-state index in [1.165, 1.54) is 0 Å². The van der Waals surface area contributed by atoms with Crippen molar-refractivity contribution in [2.45, 2.75) is 20.3 Å². The van der Waals surface area contributed by atoms with Gasteiger partial charge in [0.15, 0.2) is 11.4 Å². The molecule has 2 aromatic rings. The van der Waals surface area contributed by atoms with E-state index in [0.717, 1.165) is 5.69 Å².